The molecule has 1 fully saturated rings. The fraction of sp³-hybridized carbons (Fsp3) is 0.320. The second-order valence-electron chi connectivity index (χ2n) is 8.66. The molecule has 0 radical (unpaired) electrons. The van der Waals surface area contributed by atoms with Crippen LogP contribution in [-0.2, 0) is 11.3 Å². The molecule has 12 heteroatoms. The molecule has 0 aliphatic carbocycles. The lowest BCUT2D eigenvalue weighted by atomic mass is 10.2. The van der Waals surface area contributed by atoms with Crippen molar-refractivity contribution in [1.82, 2.24) is 19.1 Å². The maximum atomic E-state index is 13.9. The average molecular weight is 560 g/mol. The van der Waals surface area contributed by atoms with Crippen LogP contribution in [0.2, 0.25) is 10.0 Å². The van der Waals surface area contributed by atoms with E-state index in [1.54, 1.807) is 35.0 Å². The van der Waals surface area contributed by atoms with E-state index in [0.29, 0.717) is 60.2 Å². The van der Waals surface area contributed by atoms with Crippen LogP contribution in [0, 0.1) is 24.1 Å². The maximum absolute atomic E-state index is 13.9. The first-order chi connectivity index (χ1) is 17.9. The second kappa shape index (κ2) is 10.6. The average Bonchev–Trinajstić information content (AvgIpc) is 3.22. The Bertz CT molecular complexity index is 1440. The van der Waals surface area contributed by atoms with Gasteiger partial charge in [-0.15, -0.1) is 0 Å². The van der Waals surface area contributed by atoms with E-state index < -0.39 is 7.36 Å². The Morgan fingerprint density at radius 1 is 1.14 bits per heavy atom. The number of ether oxygens (including phenoxy) is 1. The molecule has 3 heterocycles. The zero-order valence-corrected chi connectivity index (χ0v) is 22.8. The highest BCUT2D eigenvalue weighted by atomic mass is 35.5. The summed E-state index contributed by atoms with van der Waals surface area (Å²) in [6.07, 6.45) is 0.279. The molecule has 8 nitrogen and oxygen atoms in total. The van der Waals surface area contributed by atoms with Crippen LogP contribution in [0.1, 0.15) is 17.7 Å². The van der Waals surface area contributed by atoms with Gasteiger partial charge in [-0.1, -0.05) is 29.3 Å². The number of aromatic nitrogens is 2. The maximum Gasteiger partial charge on any atom is 0.165 e. The van der Waals surface area contributed by atoms with Crippen molar-refractivity contribution in [1.29, 1.82) is 5.26 Å². The molecule has 2 aromatic carbocycles. The number of fused-ring (bicyclic) bond motifs is 1. The van der Waals surface area contributed by atoms with E-state index >= 15 is 0 Å². The van der Waals surface area contributed by atoms with Gasteiger partial charge >= 0.3 is 0 Å². The number of halogens is 3. The number of aliphatic imine (C=N–C) groups is 1. The second-order valence-corrected chi connectivity index (χ2v) is 12.4. The number of nitriles is 1. The van der Waals surface area contributed by atoms with E-state index in [-0.39, 0.29) is 12.2 Å². The van der Waals surface area contributed by atoms with Crippen molar-refractivity contribution in [3.63, 3.8) is 0 Å². The number of hydrogen-bond donors (Lipinski definition) is 0. The highest BCUT2D eigenvalue weighted by Gasteiger charge is 2.45. The summed E-state index contributed by atoms with van der Waals surface area (Å²) in [6.45, 7) is 4.66. The standard InChI is InChI=1S/C25H25Cl2FN7OP/c1-17-23-25(35(31-17)12-4-11-29)30-24(18-7-9-19(28)10-8-18)33(2)37(23,34-13-15-36-16-14-34)32-22-20(26)5-3-6-21(22)27/h3,5-10H,4,12-16H2,1-2H3/t37-/m0/s1. The molecule has 5 rings (SSSR count). The number of morpholine rings is 1. The highest BCUT2D eigenvalue weighted by molar-refractivity contribution is 7.70. The van der Waals surface area contributed by atoms with Crippen molar-refractivity contribution in [2.45, 2.75) is 19.9 Å². The van der Waals surface area contributed by atoms with Gasteiger partial charge in [-0.2, -0.15) is 10.4 Å². The van der Waals surface area contributed by atoms with E-state index in [4.69, 9.17) is 42.8 Å². The van der Waals surface area contributed by atoms with Crippen molar-refractivity contribution in [3.05, 3.63) is 69.6 Å². The topological polar surface area (TPSA) is 82.0 Å². The van der Waals surface area contributed by atoms with Crippen LogP contribution in [0.5, 0.6) is 0 Å². The zero-order valence-electron chi connectivity index (χ0n) is 20.4. The van der Waals surface area contributed by atoms with E-state index in [1.807, 2.05) is 14.0 Å². The van der Waals surface area contributed by atoms with Gasteiger partial charge in [-0.05, 0) is 43.3 Å². The highest BCUT2D eigenvalue weighted by Crippen LogP contribution is 2.62. The Labute approximate surface area is 225 Å². The van der Waals surface area contributed by atoms with Gasteiger partial charge in [0, 0.05) is 25.7 Å². The number of rotatable bonds is 5. The van der Waals surface area contributed by atoms with Crippen molar-refractivity contribution in [3.8, 4) is 6.07 Å². The van der Waals surface area contributed by atoms with Gasteiger partial charge < -0.3 is 9.41 Å². The number of amidine groups is 1. The van der Waals surface area contributed by atoms with E-state index in [1.165, 1.54) is 12.1 Å². The van der Waals surface area contributed by atoms with Crippen LogP contribution in [-0.4, -0.2) is 58.3 Å². The van der Waals surface area contributed by atoms with Crippen LogP contribution in [0.3, 0.4) is 0 Å². The minimum Gasteiger partial charge on any atom is -0.379 e. The molecule has 0 saturated carbocycles. The van der Waals surface area contributed by atoms with Crippen molar-refractivity contribution >= 4 is 53.2 Å². The monoisotopic (exact) mass is 559 g/mol. The predicted octanol–water partition coefficient (Wildman–Crippen LogP) is 5.90. The Balaban J connectivity index is 1.88. The summed E-state index contributed by atoms with van der Waals surface area (Å²) in [6, 6.07) is 13.7. The summed E-state index contributed by atoms with van der Waals surface area (Å²) in [7, 11) is -0.900. The summed E-state index contributed by atoms with van der Waals surface area (Å²) in [5.74, 6) is 0.925. The minimum absolute atomic E-state index is 0.279. The third-order valence-corrected chi connectivity index (χ3v) is 10.8. The number of hydrogen-bond acceptors (Lipinski definition) is 5. The van der Waals surface area contributed by atoms with Crippen molar-refractivity contribution in [2.24, 2.45) is 9.74 Å². The van der Waals surface area contributed by atoms with Crippen LogP contribution >= 0.6 is 30.6 Å². The van der Waals surface area contributed by atoms with Crippen LogP contribution in [0.15, 0.2) is 52.2 Å². The normalized spacial score (nSPS) is 19.8. The Morgan fingerprint density at radius 2 is 1.81 bits per heavy atom. The molecule has 1 atom stereocenters. The van der Waals surface area contributed by atoms with Crippen LogP contribution in [0.25, 0.3) is 0 Å². The molecule has 0 amide bonds. The molecule has 37 heavy (non-hydrogen) atoms. The molecule has 0 spiro atoms. The molecule has 1 aromatic heterocycles. The zero-order chi connectivity index (χ0) is 26.2. The first-order valence-corrected chi connectivity index (χ1v) is 14.2. The van der Waals surface area contributed by atoms with Crippen molar-refractivity contribution in [2.75, 3.05) is 33.4 Å². The molecule has 0 bridgehead atoms. The molecule has 0 unspecified atom stereocenters. The van der Waals surface area contributed by atoms with Crippen molar-refractivity contribution < 1.29 is 9.13 Å². The van der Waals surface area contributed by atoms with Gasteiger partial charge in [0.25, 0.3) is 0 Å². The Morgan fingerprint density at radius 3 is 2.46 bits per heavy atom. The first kappa shape index (κ1) is 25.9. The molecular formula is C25H25Cl2FN7OP. The molecule has 192 valence electrons. The Hall–Kier alpha value is -2.73. The lowest BCUT2D eigenvalue weighted by molar-refractivity contribution is 0.0732. The summed E-state index contributed by atoms with van der Waals surface area (Å²) in [4.78, 5) is 5.03. The molecule has 2 aliphatic heterocycles. The third kappa shape index (κ3) is 4.58. The van der Waals surface area contributed by atoms with Gasteiger partial charge in [0.2, 0.25) is 0 Å². The van der Waals surface area contributed by atoms with Gasteiger partial charge in [-0.3, -0.25) is 0 Å². The molecular weight excluding hydrogens is 535 g/mol. The van der Waals surface area contributed by atoms with Gasteiger partial charge in [0.05, 0.1) is 53.3 Å². The predicted molar refractivity (Wildman–Crippen MR) is 145 cm³/mol. The third-order valence-electron chi connectivity index (χ3n) is 6.40. The number of aryl methyl sites for hydroxylation is 2. The van der Waals surface area contributed by atoms with Gasteiger partial charge in [0.1, 0.15) is 17.3 Å². The smallest absolute Gasteiger partial charge is 0.165 e. The summed E-state index contributed by atoms with van der Waals surface area (Å²) >= 11 is 13.3. The van der Waals surface area contributed by atoms with E-state index in [9.17, 15) is 9.65 Å². The lowest BCUT2D eigenvalue weighted by Gasteiger charge is -2.46. The minimum atomic E-state index is -2.85. The van der Waals surface area contributed by atoms with E-state index in [2.05, 4.69) is 15.4 Å². The summed E-state index contributed by atoms with van der Waals surface area (Å²) in [5.41, 5.74) is 2.00. The fourth-order valence-corrected chi connectivity index (χ4v) is 9.18. The fourth-order valence-electron chi connectivity index (χ4n) is 4.71. The largest absolute Gasteiger partial charge is 0.379 e. The first-order valence-electron chi connectivity index (χ1n) is 11.8. The molecule has 2 aliphatic rings. The van der Waals surface area contributed by atoms with Gasteiger partial charge in [0.15, 0.2) is 13.2 Å². The van der Waals surface area contributed by atoms with E-state index in [0.717, 1.165) is 16.6 Å². The Kier molecular flexibility index (Phi) is 7.39. The quantitative estimate of drug-likeness (QED) is 0.364. The SMILES string of the molecule is Cc1nn(CCC#N)c2c1[P@@](=Nc1c(Cl)cccc1Cl)(N1CCOCC1)N(C)C(c1ccc(F)cc1)=N2. The number of benzene rings is 2. The molecule has 1 saturated heterocycles. The summed E-state index contributed by atoms with van der Waals surface area (Å²) in [5, 5.41) is 15.8. The van der Waals surface area contributed by atoms with Crippen LogP contribution in [0.4, 0.5) is 15.9 Å². The molecule has 0 N–H and O–H groups in total. The number of nitrogens with zero attached hydrogens (tertiary/aromatic N) is 7. The molecule has 3 aromatic rings. The van der Waals surface area contributed by atoms with Crippen LogP contribution < -0.4 is 5.30 Å². The summed E-state index contributed by atoms with van der Waals surface area (Å²) < 4.78 is 31.1. The van der Waals surface area contributed by atoms with Gasteiger partial charge in [-0.25, -0.2) is 23.5 Å². The lowest BCUT2D eigenvalue weighted by Crippen LogP contribution is -2.45.